The van der Waals surface area contributed by atoms with Gasteiger partial charge in [-0.05, 0) is 37.5 Å². The van der Waals surface area contributed by atoms with E-state index in [1.54, 1.807) is 12.1 Å². The molecule has 2 nitrogen and oxygen atoms in total. The van der Waals surface area contributed by atoms with Crippen LogP contribution in [0.1, 0.15) is 18.9 Å². The molecule has 0 aliphatic rings. The molecule has 0 saturated heterocycles. The van der Waals surface area contributed by atoms with Crippen molar-refractivity contribution in [3.05, 3.63) is 33.8 Å². The highest BCUT2D eigenvalue weighted by molar-refractivity contribution is 6.42. The summed E-state index contributed by atoms with van der Waals surface area (Å²) in [5.41, 5.74) is 0.985. The zero-order valence-electron chi connectivity index (χ0n) is 9.25. The van der Waals surface area contributed by atoms with Crippen LogP contribution < -0.4 is 0 Å². The number of hydrogen-bond donors (Lipinski definition) is 1. The first-order valence-corrected chi connectivity index (χ1v) is 6.08. The highest BCUT2D eigenvalue weighted by Gasteiger charge is 2.07. The fourth-order valence-corrected chi connectivity index (χ4v) is 1.73. The summed E-state index contributed by atoms with van der Waals surface area (Å²) in [7, 11) is 0. The zero-order chi connectivity index (χ0) is 12.0. The molecule has 1 atom stereocenters. The molecule has 0 aliphatic carbocycles. The third-order valence-corrected chi connectivity index (χ3v) is 2.99. The summed E-state index contributed by atoms with van der Waals surface area (Å²) < 4.78 is 5.18. The number of aliphatic hydroxyl groups excluding tert-OH is 1. The molecule has 0 aromatic heterocycles. The van der Waals surface area contributed by atoms with Crippen molar-refractivity contribution < 1.29 is 9.84 Å². The maximum Gasteiger partial charge on any atom is 0.0602 e. The molecule has 0 spiro atoms. The van der Waals surface area contributed by atoms with Crippen LogP contribution >= 0.6 is 23.2 Å². The molecule has 1 unspecified atom stereocenters. The van der Waals surface area contributed by atoms with E-state index in [-0.39, 0.29) is 0 Å². The van der Waals surface area contributed by atoms with E-state index in [0.29, 0.717) is 36.1 Å². The summed E-state index contributed by atoms with van der Waals surface area (Å²) in [6.45, 7) is 3.20. The highest BCUT2D eigenvalue weighted by atomic mass is 35.5. The van der Waals surface area contributed by atoms with Crippen molar-refractivity contribution in [3.8, 4) is 0 Å². The lowest BCUT2D eigenvalue weighted by atomic mass is 10.1. The predicted octanol–water partition coefficient (Wildman–Crippen LogP) is 3.32. The van der Waals surface area contributed by atoms with E-state index in [4.69, 9.17) is 27.9 Å². The molecule has 1 N–H and O–H groups in total. The quantitative estimate of drug-likeness (QED) is 0.798. The normalized spacial score (nSPS) is 12.8. The molecular weight excluding hydrogens is 247 g/mol. The average molecular weight is 263 g/mol. The zero-order valence-corrected chi connectivity index (χ0v) is 10.8. The van der Waals surface area contributed by atoms with Crippen molar-refractivity contribution in [1.82, 2.24) is 0 Å². The van der Waals surface area contributed by atoms with E-state index in [1.165, 1.54) is 0 Å². The first kappa shape index (κ1) is 13.8. The summed E-state index contributed by atoms with van der Waals surface area (Å²) in [5.74, 6) is 0. The Morgan fingerprint density at radius 2 is 2.06 bits per heavy atom. The second-order valence-corrected chi connectivity index (χ2v) is 4.41. The molecule has 0 saturated carbocycles. The number of halogens is 2. The Kier molecular flexibility index (Phi) is 6.14. The molecule has 1 aromatic carbocycles. The van der Waals surface area contributed by atoms with Gasteiger partial charge in [0, 0.05) is 13.2 Å². The molecule has 0 radical (unpaired) electrons. The molecule has 0 heterocycles. The van der Waals surface area contributed by atoms with Gasteiger partial charge in [0.15, 0.2) is 0 Å². The number of aliphatic hydroxyl groups is 1. The molecule has 1 rings (SSSR count). The number of hydrogen-bond acceptors (Lipinski definition) is 2. The second kappa shape index (κ2) is 7.13. The minimum Gasteiger partial charge on any atom is -0.393 e. The van der Waals surface area contributed by atoms with Crippen molar-refractivity contribution in [1.29, 1.82) is 0 Å². The van der Waals surface area contributed by atoms with Gasteiger partial charge in [0.2, 0.25) is 0 Å². The van der Waals surface area contributed by atoms with Gasteiger partial charge in [-0.25, -0.2) is 0 Å². The van der Waals surface area contributed by atoms with Crippen molar-refractivity contribution >= 4 is 23.2 Å². The number of benzene rings is 1. The molecule has 0 fully saturated rings. The number of rotatable bonds is 6. The van der Waals surface area contributed by atoms with E-state index in [2.05, 4.69) is 0 Å². The van der Waals surface area contributed by atoms with Crippen LogP contribution in [0.2, 0.25) is 10.0 Å². The lowest BCUT2D eigenvalue weighted by Gasteiger charge is -2.11. The SMILES string of the molecule is CCOCCC(O)Cc1ccc(Cl)c(Cl)c1. The van der Waals surface area contributed by atoms with Crippen LogP contribution in [0.5, 0.6) is 0 Å². The summed E-state index contributed by atoms with van der Waals surface area (Å²) in [6, 6.07) is 5.40. The van der Waals surface area contributed by atoms with Crippen LogP contribution in [0.4, 0.5) is 0 Å². The van der Waals surface area contributed by atoms with E-state index < -0.39 is 6.10 Å². The summed E-state index contributed by atoms with van der Waals surface area (Å²) in [6.07, 6.45) is 0.807. The van der Waals surface area contributed by atoms with E-state index >= 15 is 0 Å². The Labute approximate surface area is 106 Å². The van der Waals surface area contributed by atoms with Gasteiger partial charge in [-0.3, -0.25) is 0 Å². The summed E-state index contributed by atoms with van der Waals surface area (Å²) in [5, 5.41) is 10.8. The smallest absolute Gasteiger partial charge is 0.0602 e. The Morgan fingerprint density at radius 1 is 1.31 bits per heavy atom. The van der Waals surface area contributed by atoms with Crippen LogP contribution in [-0.4, -0.2) is 24.4 Å². The van der Waals surface area contributed by atoms with E-state index in [0.717, 1.165) is 5.56 Å². The van der Waals surface area contributed by atoms with Crippen LogP contribution in [-0.2, 0) is 11.2 Å². The van der Waals surface area contributed by atoms with Crippen LogP contribution in [0, 0.1) is 0 Å². The second-order valence-electron chi connectivity index (χ2n) is 3.59. The lowest BCUT2D eigenvalue weighted by molar-refractivity contribution is 0.0887. The van der Waals surface area contributed by atoms with Crippen LogP contribution in [0.15, 0.2) is 18.2 Å². The van der Waals surface area contributed by atoms with E-state index in [9.17, 15) is 5.11 Å². The molecule has 90 valence electrons. The van der Waals surface area contributed by atoms with Crippen molar-refractivity contribution in [2.45, 2.75) is 25.9 Å². The van der Waals surface area contributed by atoms with Gasteiger partial charge in [-0.2, -0.15) is 0 Å². The van der Waals surface area contributed by atoms with Gasteiger partial charge in [0.25, 0.3) is 0 Å². The van der Waals surface area contributed by atoms with Gasteiger partial charge < -0.3 is 9.84 Å². The standard InChI is InChI=1S/C12H16Cl2O2/c1-2-16-6-5-10(15)7-9-3-4-11(13)12(14)8-9/h3-4,8,10,15H,2,5-7H2,1H3. The highest BCUT2D eigenvalue weighted by Crippen LogP contribution is 2.23. The summed E-state index contributed by atoms with van der Waals surface area (Å²) >= 11 is 11.7. The maximum atomic E-state index is 9.73. The predicted molar refractivity (Wildman–Crippen MR) is 67.3 cm³/mol. The third-order valence-electron chi connectivity index (χ3n) is 2.25. The molecule has 0 bridgehead atoms. The molecule has 16 heavy (non-hydrogen) atoms. The van der Waals surface area contributed by atoms with Gasteiger partial charge >= 0.3 is 0 Å². The Balaban J connectivity index is 2.43. The largest absolute Gasteiger partial charge is 0.393 e. The van der Waals surface area contributed by atoms with E-state index in [1.807, 2.05) is 13.0 Å². The minimum absolute atomic E-state index is 0.399. The Morgan fingerprint density at radius 3 is 2.69 bits per heavy atom. The number of ether oxygens (including phenoxy) is 1. The Bertz CT molecular complexity index is 329. The monoisotopic (exact) mass is 262 g/mol. The van der Waals surface area contributed by atoms with Gasteiger partial charge in [0.05, 0.1) is 16.1 Å². The fourth-order valence-electron chi connectivity index (χ4n) is 1.40. The molecular formula is C12H16Cl2O2. The minimum atomic E-state index is -0.399. The molecule has 1 aromatic rings. The van der Waals surface area contributed by atoms with Crippen molar-refractivity contribution in [2.75, 3.05) is 13.2 Å². The molecule has 0 amide bonds. The van der Waals surface area contributed by atoms with Gasteiger partial charge in [0.1, 0.15) is 0 Å². The van der Waals surface area contributed by atoms with Crippen LogP contribution in [0.25, 0.3) is 0 Å². The molecule has 4 heteroatoms. The first-order valence-electron chi connectivity index (χ1n) is 5.33. The maximum absolute atomic E-state index is 9.73. The topological polar surface area (TPSA) is 29.5 Å². The van der Waals surface area contributed by atoms with Crippen molar-refractivity contribution in [2.24, 2.45) is 0 Å². The van der Waals surface area contributed by atoms with Gasteiger partial charge in [-0.1, -0.05) is 29.3 Å². The average Bonchev–Trinajstić information content (AvgIpc) is 2.24. The Hall–Kier alpha value is -0.280. The molecule has 0 aliphatic heterocycles. The lowest BCUT2D eigenvalue weighted by Crippen LogP contribution is -2.13. The van der Waals surface area contributed by atoms with Crippen LogP contribution in [0.3, 0.4) is 0 Å². The first-order chi connectivity index (χ1) is 7.63. The van der Waals surface area contributed by atoms with Gasteiger partial charge in [-0.15, -0.1) is 0 Å². The summed E-state index contributed by atoms with van der Waals surface area (Å²) in [4.78, 5) is 0. The fraction of sp³-hybridized carbons (Fsp3) is 0.500. The third kappa shape index (κ3) is 4.71. The van der Waals surface area contributed by atoms with Crippen molar-refractivity contribution in [3.63, 3.8) is 0 Å².